The van der Waals surface area contributed by atoms with Gasteiger partial charge in [-0.15, -0.1) is 0 Å². The first-order chi connectivity index (χ1) is 13.1. The average Bonchev–Trinajstić information content (AvgIpc) is 3.08. The second-order valence-electron chi connectivity index (χ2n) is 6.72. The van der Waals surface area contributed by atoms with Gasteiger partial charge in [0.25, 0.3) is 0 Å². The van der Waals surface area contributed by atoms with E-state index in [0.29, 0.717) is 30.8 Å². The molecule has 27 heavy (non-hydrogen) atoms. The van der Waals surface area contributed by atoms with Gasteiger partial charge in [-0.25, -0.2) is 13.9 Å². The Bertz CT molecular complexity index is 947. The number of hydrogen-bond donors (Lipinski definition) is 1. The van der Waals surface area contributed by atoms with E-state index in [-0.39, 0.29) is 11.4 Å². The van der Waals surface area contributed by atoms with Gasteiger partial charge in [-0.05, 0) is 49.1 Å². The molecule has 1 heterocycles. The number of nitrogens with zero attached hydrogens (tertiary/aromatic N) is 2. The lowest BCUT2D eigenvalue weighted by Gasteiger charge is -2.42. The first-order valence-corrected chi connectivity index (χ1v) is 8.85. The maximum absolute atomic E-state index is 13.3. The van der Waals surface area contributed by atoms with Gasteiger partial charge in [0, 0.05) is 0 Å². The van der Waals surface area contributed by atoms with E-state index in [1.165, 1.54) is 18.3 Å². The molecule has 0 amide bonds. The van der Waals surface area contributed by atoms with E-state index in [2.05, 4.69) is 5.10 Å². The summed E-state index contributed by atoms with van der Waals surface area (Å²) in [7, 11) is 0. The number of benzene rings is 2. The van der Waals surface area contributed by atoms with E-state index in [1.54, 1.807) is 16.8 Å². The van der Waals surface area contributed by atoms with Gasteiger partial charge in [0.1, 0.15) is 17.0 Å². The van der Waals surface area contributed by atoms with Crippen LogP contribution in [0.15, 0.2) is 60.8 Å². The Labute approximate surface area is 156 Å². The van der Waals surface area contributed by atoms with Gasteiger partial charge in [-0.2, -0.15) is 5.10 Å². The molecule has 0 spiro atoms. The lowest BCUT2D eigenvalue weighted by atomic mass is 9.76. The highest BCUT2D eigenvalue weighted by molar-refractivity contribution is 5.89. The number of ether oxygens (including phenoxy) is 1. The lowest BCUT2D eigenvalue weighted by Crippen LogP contribution is -2.40. The minimum absolute atomic E-state index is 0.118. The molecule has 6 heteroatoms. The van der Waals surface area contributed by atoms with Crippen LogP contribution in [0.2, 0.25) is 0 Å². The van der Waals surface area contributed by atoms with Crippen LogP contribution in [-0.4, -0.2) is 20.9 Å². The Morgan fingerprint density at radius 1 is 1.15 bits per heavy atom. The Kier molecular flexibility index (Phi) is 4.49. The summed E-state index contributed by atoms with van der Waals surface area (Å²) in [5.41, 5.74) is 1.55. The summed E-state index contributed by atoms with van der Waals surface area (Å²) in [4.78, 5) is 11.8. The minimum atomic E-state index is -1.05. The fraction of sp³-hybridized carbons (Fsp3) is 0.238. The number of halogens is 1. The molecule has 3 aromatic rings. The van der Waals surface area contributed by atoms with Crippen molar-refractivity contribution >= 4 is 5.97 Å². The van der Waals surface area contributed by atoms with Gasteiger partial charge in [-0.3, -0.25) is 0 Å². The van der Waals surface area contributed by atoms with Crippen molar-refractivity contribution in [3.05, 3.63) is 83.4 Å². The van der Waals surface area contributed by atoms with Gasteiger partial charge < -0.3 is 9.84 Å². The van der Waals surface area contributed by atoms with Crippen molar-refractivity contribution in [1.82, 2.24) is 9.78 Å². The van der Waals surface area contributed by atoms with Crippen LogP contribution >= 0.6 is 0 Å². The van der Waals surface area contributed by atoms with E-state index in [1.807, 2.05) is 30.3 Å². The zero-order valence-corrected chi connectivity index (χ0v) is 14.6. The molecule has 5 nitrogen and oxygen atoms in total. The molecule has 0 bridgehead atoms. The van der Waals surface area contributed by atoms with Crippen molar-refractivity contribution < 1.29 is 19.0 Å². The SMILES string of the molecule is O=C(O)c1cnn(-c2ccc(F)cc2)c1C1(OCc2ccccc2)CCC1. The first kappa shape index (κ1) is 17.4. The van der Waals surface area contributed by atoms with Gasteiger partial charge in [0.15, 0.2) is 0 Å². The molecule has 0 atom stereocenters. The first-order valence-electron chi connectivity index (χ1n) is 8.85. The van der Waals surface area contributed by atoms with Crippen LogP contribution in [0.3, 0.4) is 0 Å². The molecule has 0 radical (unpaired) electrons. The highest BCUT2D eigenvalue weighted by Crippen LogP contribution is 2.47. The molecule has 4 rings (SSSR count). The predicted molar refractivity (Wildman–Crippen MR) is 97.2 cm³/mol. The van der Waals surface area contributed by atoms with Crippen LogP contribution in [0.25, 0.3) is 5.69 Å². The second kappa shape index (κ2) is 6.96. The standard InChI is InChI=1S/C21H19FN2O3/c22-16-7-9-17(10-8-16)24-19(18(13-23-24)20(25)26)21(11-4-12-21)27-14-15-5-2-1-3-6-15/h1-3,5-10,13H,4,11-12,14H2,(H,25,26). The van der Waals surface area contributed by atoms with Crippen LogP contribution in [-0.2, 0) is 16.9 Å². The monoisotopic (exact) mass is 366 g/mol. The summed E-state index contributed by atoms with van der Waals surface area (Å²) in [6.07, 6.45) is 3.72. The molecule has 138 valence electrons. The molecule has 0 saturated heterocycles. The number of aromatic nitrogens is 2. The largest absolute Gasteiger partial charge is 0.478 e. The van der Waals surface area contributed by atoms with E-state index in [4.69, 9.17) is 4.74 Å². The molecular formula is C21H19FN2O3. The van der Waals surface area contributed by atoms with Crippen LogP contribution < -0.4 is 0 Å². The number of carbonyl (C=O) groups is 1. The number of aromatic carboxylic acids is 1. The third kappa shape index (κ3) is 3.24. The van der Waals surface area contributed by atoms with Gasteiger partial charge in [0.05, 0.1) is 24.2 Å². The fourth-order valence-electron chi connectivity index (χ4n) is 3.46. The molecule has 1 fully saturated rings. The third-order valence-corrected chi connectivity index (χ3v) is 5.02. The maximum atomic E-state index is 13.3. The molecular weight excluding hydrogens is 347 g/mol. The minimum Gasteiger partial charge on any atom is -0.478 e. The Hall–Kier alpha value is -2.99. The quantitative estimate of drug-likeness (QED) is 0.706. The summed E-state index contributed by atoms with van der Waals surface area (Å²) in [6.45, 7) is 0.383. The number of carboxylic acid groups (broad SMARTS) is 1. The molecule has 0 unspecified atom stereocenters. The Balaban J connectivity index is 1.74. The fourth-order valence-corrected chi connectivity index (χ4v) is 3.46. The summed E-state index contributed by atoms with van der Waals surface area (Å²) < 4.78 is 21.1. The number of rotatable bonds is 6. The molecule has 1 aliphatic carbocycles. The predicted octanol–water partition coefficient (Wildman–Crippen LogP) is 4.31. The third-order valence-electron chi connectivity index (χ3n) is 5.02. The van der Waals surface area contributed by atoms with Crippen LogP contribution in [0.5, 0.6) is 0 Å². The van der Waals surface area contributed by atoms with Crippen molar-refractivity contribution in [2.24, 2.45) is 0 Å². The second-order valence-corrected chi connectivity index (χ2v) is 6.72. The average molecular weight is 366 g/mol. The summed E-state index contributed by atoms with van der Waals surface area (Å²) in [5.74, 6) is -1.41. The van der Waals surface area contributed by atoms with E-state index in [0.717, 1.165) is 12.0 Å². The van der Waals surface area contributed by atoms with Gasteiger partial charge >= 0.3 is 5.97 Å². The van der Waals surface area contributed by atoms with Crippen molar-refractivity contribution in [2.75, 3.05) is 0 Å². The van der Waals surface area contributed by atoms with Crippen LogP contribution in [0, 0.1) is 5.82 Å². The van der Waals surface area contributed by atoms with Crippen molar-refractivity contribution in [3.63, 3.8) is 0 Å². The summed E-state index contributed by atoms with van der Waals surface area (Å²) in [6, 6.07) is 15.6. The summed E-state index contributed by atoms with van der Waals surface area (Å²) in [5, 5.41) is 13.9. The number of hydrogen-bond acceptors (Lipinski definition) is 3. The van der Waals surface area contributed by atoms with Gasteiger partial charge in [-0.1, -0.05) is 30.3 Å². The molecule has 1 N–H and O–H groups in total. The van der Waals surface area contributed by atoms with Crippen molar-refractivity contribution in [2.45, 2.75) is 31.5 Å². The smallest absolute Gasteiger partial charge is 0.339 e. The molecule has 0 aliphatic heterocycles. The van der Waals surface area contributed by atoms with E-state index >= 15 is 0 Å². The highest BCUT2D eigenvalue weighted by atomic mass is 19.1. The topological polar surface area (TPSA) is 64.3 Å². The van der Waals surface area contributed by atoms with Gasteiger partial charge in [0.2, 0.25) is 0 Å². The molecule has 1 saturated carbocycles. The molecule has 1 aromatic heterocycles. The van der Waals surface area contributed by atoms with E-state index in [9.17, 15) is 14.3 Å². The van der Waals surface area contributed by atoms with Crippen LogP contribution in [0.4, 0.5) is 4.39 Å². The van der Waals surface area contributed by atoms with Crippen LogP contribution in [0.1, 0.15) is 40.9 Å². The zero-order valence-electron chi connectivity index (χ0n) is 14.6. The number of carboxylic acids is 1. The van der Waals surface area contributed by atoms with E-state index < -0.39 is 11.6 Å². The highest BCUT2D eigenvalue weighted by Gasteiger charge is 2.45. The zero-order chi connectivity index (χ0) is 18.9. The maximum Gasteiger partial charge on any atom is 0.339 e. The lowest BCUT2D eigenvalue weighted by molar-refractivity contribution is -0.121. The molecule has 2 aromatic carbocycles. The Morgan fingerprint density at radius 2 is 1.85 bits per heavy atom. The molecule has 1 aliphatic rings. The summed E-state index contributed by atoms with van der Waals surface area (Å²) >= 11 is 0. The Morgan fingerprint density at radius 3 is 2.44 bits per heavy atom. The van der Waals surface area contributed by atoms with Crippen molar-refractivity contribution in [1.29, 1.82) is 0 Å². The normalized spacial score (nSPS) is 15.3. The van der Waals surface area contributed by atoms with Crippen molar-refractivity contribution in [3.8, 4) is 5.69 Å².